The Morgan fingerprint density at radius 3 is 2.54 bits per heavy atom. The molecule has 0 aromatic heterocycles. The summed E-state index contributed by atoms with van der Waals surface area (Å²) in [5.41, 5.74) is 3.21. The van der Waals surface area contributed by atoms with Gasteiger partial charge in [-0.2, -0.15) is 0 Å². The summed E-state index contributed by atoms with van der Waals surface area (Å²) in [6, 6.07) is 19.7. The number of carbonyl (C=O) groups excluding carboxylic acids is 1. The van der Waals surface area contributed by atoms with Crippen molar-refractivity contribution in [1.82, 2.24) is 15.5 Å². The van der Waals surface area contributed by atoms with Gasteiger partial charge in [0.15, 0.2) is 0 Å². The molecule has 1 atom stereocenters. The van der Waals surface area contributed by atoms with Crippen molar-refractivity contribution in [2.45, 2.75) is 45.2 Å². The summed E-state index contributed by atoms with van der Waals surface area (Å²) in [7, 11) is 0. The first-order valence-electron chi connectivity index (χ1n) is 13.6. The summed E-state index contributed by atoms with van der Waals surface area (Å²) in [6.07, 6.45) is 3.91. The van der Waals surface area contributed by atoms with Crippen LogP contribution in [0.3, 0.4) is 0 Å². The van der Waals surface area contributed by atoms with E-state index in [1.165, 1.54) is 28.5 Å². The van der Waals surface area contributed by atoms with Crippen LogP contribution in [-0.2, 0) is 11.3 Å². The first-order chi connectivity index (χ1) is 18.1. The fourth-order valence-corrected chi connectivity index (χ4v) is 5.68. The van der Waals surface area contributed by atoms with Gasteiger partial charge in [-0.25, -0.2) is 4.39 Å². The number of likely N-dealkylation sites (tertiary alicyclic amines) is 1. The van der Waals surface area contributed by atoms with E-state index in [9.17, 15) is 9.18 Å². The van der Waals surface area contributed by atoms with E-state index in [4.69, 9.17) is 0 Å². The van der Waals surface area contributed by atoms with Crippen LogP contribution in [0.25, 0.3) is 10.8 Å². The summed E-state index contributed by atoms with van der Waals surface area (Å²) in [5, 5.41) is 8.90. The highest BCUT2D eigenvalue weighted by molar-refractivity contribution is 5.91. The van der Waals surface area contributed by atoms with Gasteiger partial charge in [-0.05, 0) is 98.9 Å². The van der Waals surface area contributed by atoms with Crippen molar-refractivity contribution in [3.63, 3.8) is 0 Å². The first-order valence-corrected chi connectivity index (χ1v) is 13.6. The Balaban J connectivity index is 1.23. The molecular weight excluding hydrogens is 461 g/mol. The lowest BCUT2D eigenvalue weighted by Gasteiger charge is -2.36. The van der Waals surface area contributed by atoms with E-state index in [1.807, 2.05) is 6.07 Å². The Morgan fingerprint density at radius 1 is 1.03 bits per heavy atom. The number of piperidine rings is 2. The van der Waals surface area contributed by atoms with E-state index >= 15 is 0 Å². The Morgan fingerprint density at radius 2 is 1.76 bits per heavy atom. The molecule has 3 aromatic rings. The van der Waals surface area contributed by atoms with E-state index in [1.54, 1.807) is 6.07 Å². The number of carbonyl (C=O) groups is 1. The molecule has 2 heterocycles. The van der Waals surface area contributed by atoms with Gasteiger partial charge in [-0.15, -0.1) is 0 Å². The Kier molecular flexibility index (Phi) is 8.18. The summed E-state index contributed by atoms with van der Waals surface area (Å²) in [6.45, 7) is 6.51. The highest BCUT2D eigenvalue weighted by Gasteiger charge is 2.28. The van der Waals surface area contributed by atoms with Crippen molar-refractivity contribution < 1.29 is 9.18 Å². The van der Waals surface area contributed by atoms with Gasteiger partial charge in [0.25, 0.3) is 0 Å². The molecule has 3 aromatic carbocycles. The second kappa shape index (κ2) is 11.9. The minimum atomic E-state index is -0.275. The number of rotatable bonds is 5. The van der Waals surface area contributed by atoms with Gasteiger partial charge in [0.1, 0.15) is 5.82 Å². The molecule has 2 aliphatic rings. The van der Waals surface area contributed by atoms with Crippen molar-refractivity contribution >= 4 is 16.7 Å². The van der Waals surface area contributed by atoms with Gasteiger partial charge in [-0.1, -0.05) is 54.3 Å². The average Bonchev–Trinajstić information content (AvgIpc) is 2.95. The number of nitrogens with zero attached hydrogens (tertiary/aromatic N) is 1. The lowest BCUT2D eigenvalue weighted by atomic mass is 9.91. The molecule has 0 aliphatic carbocycles. The molecule has 2 aliphatic heterocycles. The van der Waals surface area contributed by atoms with Crippen molar-refractivity contribution in [3.8, 4) is 11.8 Å². The molecule has 0 bridgehead atoms. The molecule has 2 fully saturated rings. The van der Waals surface area contributed by atoms with Gasteiger partial charge in [0.2, 0.25) is 5.91 Å². The SMILES string of the molecule is CC(c1cccc2c(C#CC3CCNCC3)cccc12)N1CCC(C(=O)NCc2cccc(F)c2)CC1. The maximum absolute atomic E-state index is 13.4. The second-order valence-electron chi connectivity index (χ2n) is 10.4. The molecule has 1 unspecified atom stereocenters. The minimum absolute atomic E-state index is 0.00129. The number of halogens is 1. The fraction of sp³-hybridized carbons (Fsp3) is 0.406. The van der Waals surface area contributed by atoms with Crippen molar-refractivity contribution in [2.75, 3.05) is 26.2 Å². The van der Waals surface area contributed by atoms with Gasteiger partial charge >= 0.3 is 0 Å². The summed E-state index contributed by atoms with van der Waals surface area (Å²) in [4.78, 5) is 15.2. The van der Waals surface area contributed by atoms with E-state index in [0.29, 0.717) is 12.5 Å². The Hall–Kier alpha value is -3.20. The molecule has 0 spiro atoms. The largest absolute Gasteiger partial charge is 0.352 e. The minimum Gasteiger partial charge on any atom is -0.352 e. The van der Waals surface area contributed by atoms with E-state index in [-0.39, 0.29) is 23.7 Å². The normalized spacial score (nSPS) is 18.2. The zero-order valence-electron chi connectivity index (χ0n) is 21.6. The van der Waals surface area contributed by atoms with Crippen molar-refractivity contribution in [3.05, 3.63) is 83.2 Å². The van der Waals surface area contributed by atoms with Crippen LogP contribution in [0.1, 0.15) is 55.3 Å². The van der Waals surface area contributed by atoms with Crippen LogP contribution >= 0.6 is 0 Å². The smallest absolute Gasteiger partial charge is 0.223 e. The third-order valence-corrected chi connectivity index (χ3v) is 7.96. The standard InChI is InChI=1S/C32H36FN3O/c1-23(36-19-15-27(16-20-36)32(37)35-22-25-5-2-7-28(33)21-25)29-8-4-9-30-26(6-3-10-31(29)30)12-11-24-13-17-34-18-14-24/h2-10,21,23-24,27,34H,13-20,22H2,1H3,(H,35,37). The monoisotopic (exact) mass is 497 g/mol. The van der Waals surface area contributed by atoms with Crippen LogP contribution in [0.2, 0.25) is 0 Å². The van der Waals surface area contributed by atoms with Crippen LogP contribution in [0.4, 0.5) is 4.39 Å². The third-order valence-electron chi connectivity index (χ3n) is 7.96. The molecular formula is C32H36FN3O. The predicted molar refractivity (Wildman–Crippen MR) is 147 cm³/mol. The molecule has 2 N–H and O–H groups in total. The lowest BCUT2D eigenvalue weighted by Crippen LogP contribution is -2.41. The molecule has 1 amide bonds. The number of benzene rings is 3. The number of nitrogens with one attached hydrogen (secondary N) is 2. The number of hydrogen-bond acceptors (Lipinski definition) is 3. The van der Waals surface area contributed by atoms with Crippen molar-refractivity contribution in [2.24, 2.45) is 11.8 Å². The molecule has 192 valence electrons. The predicted octanol–water partition coefficient (Wildman–Crippen LogP) is 5.42. The van der Waals surface area contributed by atoms with E-state index < -0.39 is 0 Å². The van der Waals surface area contributed by atoms with E-state index in [2.05, 4.69) is 70.7 Å². The molecule has 0 saturated carbocycles. The van der Waals surface area contributed by atoms with E-state index in [0.717, 1.165) is 63.0 Å². The quantitative estimate of drug-likeness (QED) is 0.463. The third kappa shape index (κ3) is 6.21. The van der Waals surface area contributed by atoms with Gasteiger partial charge in [0, 0.05) is 30.0 Å². The van der Waals surface area contributed by atoms with Crippen molar-refractivity contribution in [1.29, 1.82) is 0 Å². The van der Waals surface area contributed by atoms with Crippen LogP contribution < -0.4 is 10.6 Å². The molecule has 2 saturated heterocycles. The molecule has 5 rings (SSSR count). The topological polar surface area (TPSA) is 44.4 Å². The molecule has 37 heavy (non-hydrogen) atoms. The maximum Gasteiger partial charge on any atom is 0.223 e. The Labute approximate surface area is 219 Å². The maximum atomic E-state index is 13.4. The molecule has 4 nitrogen and oxygen atoms in total. The lowest BCUT2D eigenvalue weighted by molar-refractivity contribution is -0.126. The zero-order valence-corrected chi connectivity index (χ0v) is 21.6. The fourth-order valence-electron chi connectivity index (χ4n) is 5.68. The average molecular weight is 498 g/mol. The summed E-state index contributed by atoms with van der Waals surface area (Å²) in [5.74, 6) is 7.29. The van der Waals surface area contributed by atoms with Gasteiger partial charge in [0.05, 0.1) is 0 Å². The Bertz CT molecular complexity index is 1300. The second-order valence-corrected chi connectivity index (χ2v) is 10.4. The van der Waals surface area contributed by atoms with Crippen LogP contribution in [0, 0.1) is 29.5 Å². The summed E-state index contributed by atoms with van der Waals surface area (Å²) < 4.78 is 13.4. The van der Waals surface area contributed by atoms with Gasteiger partial charge in [-0.3, -0.25) is 9.69 Å². The highest BCUT2D eigenvalue weighted by Crippen LogP contribution is 2.32. The highest BCUT2D eigenvalue weighted by atomic mass is 19.1. The summed E-state index contributed by atoms with van der Waals surface area (Å²) >= 11 is 0. The molecule has 5 heteroatoms. The number of amides is 1. The first kappa shape index (κ1) is 25.4. The molecule has 0 radical (unpaired) electrons. The van der Waals surface area contributed by atoms with Crippen LogP contribution in [-0.4, -0.2) is 37.0 Å². The number of hydrogen-bond donors (Lipinski definition) is 2. The number of fused-ring (bicyclic) bond motifs is 1. The van der Waals surface area contributed by atoms with Crippen LogP contribution in [0.15, 0.2) is 60.7 Å². The van der Waals surface area contributed by atoms with Crippen LogP contribution in [0.5, 0.6) is 0 Å². The van der Waals surface area contributed by atoms with Gasteiger partial charge < -0.3 is 10.6 Å². The zero-order chi connectivity index (χ0) is 25.6.